The molecule has 28 heavy (non-hydrogen) atoms. The molecule has 1 fully saturated rings. The van der Waals surface area contributed by atoms with Crippen LogP contribution in [0, 0.1) is 6.92 Å². The molecule has 0 radical (unpaired) electrons. The standard InChI is InChI=1S/C20H22N6O2/c1-16-5-2-3-6-17(16)28-14-20(27)25-11-9-24(10-12-25)18-13-19(22-15-21-18)26-8-4-7-23-26/h2-8,13,15H,9-12,14H2,1H3. The van der Waals surface area contributed by atoms with Crippen molar-refractivity contribution in [1.82, 2.24) is 24.6 Å². The molecule has 1 aliphatic rings. The SMILES string of the molecule is Cc1ccccc1OCC(=O)N1CCN(c2cc(-n3cccn3)ncn2)CC1. The molecule has 1 aliphatic heterocycles. The van der Waals surface area contributed by atoms with Crippen LogP contribution >= 0.6 is 0 Å². The first-order chi connectivity index (χ1) is 13.7. The van der Waals surface area contributed by atoms with Crippen LogP contribution < -0.4 is 9.64 Å². The van der Waals surface area contributed by atoms with E-state index in [9.17, 15) is 4.79 Å². The number of hydrogen-bond acceptors (Lipinski definition) is 6. The Balaban J connectivity index is 1.33. The van der Waals surface area contributed by atoms with Gasteiger partial charge in [0.1, 0.15) is 17.9 Å². The lowest BCUT2D eigenvalue weighted by atomic mass is 10.2. The molecule has 8 heteroatoms. The van der Waals surface area contributed by atoms with Crippen molar-refractivity contribution in [1.29, 1.82) is 0 Å². The number of aromatic nitrogens is 4. The molecule has 0 atom stereocenters. The smallest absolute Gasteiger partial charge is 0.260 e. The average Bonchev–Trinajstić information content (AvgIpc) is 3.28. The van der Waals surface area contributed by atoms with Crippen LogP contribution in [-0.4, -0.2) is 63.3 Å². The van der Waals surface area contributed by atoms with Crippen molar-refractivity contribution in [2.24, 2.45) is 0 Å². The number of carbonyl (C=O) groups excluding carboxylic acids is 1. The average molecular weight is 378 g/mol. The minimum absolute atomic E-state index is 0.00261. The lowest BCUT2D eigenvalue weighted by Crippen LogP contribution is -2.50. The second-order valence-corrected chi connectivity index (χ2v) is 6.61. The van der Waals surface area contributed by atoms with E-state index in [1.54, 1.807) is 17.2 Å². The second kappa shape index (κ2) is 8.08. The Morgan fingerprint density at radius 2 is 1.86 bits per heavy atom. The number of anilines is 1. The van der Waals surface area contributed by atoms with Gasteiger partial charge in [0.15, 0.2) is 12.4 Å². The first kappa shape index (κ1) is 18.0. The number of carbonyl (C=O) groups is 1. The van der Waals surface area contributed by atoms with E-state index in [2.05, 4.69) is 20.0 Å². The summed E-state index contributed by atoms with van der Waals surface area (Å²) in [5.41, 5.74) is 1.02. The number of piperazine rings is 1. The molecule has 1 amide bonds. The number of para-hydroxylation sites is 1. The van der Waals surface area contributed by atoms with E-state index < -0.39 is 0 Å². The maximum atomic E-state index is 12.5. The molecule has 1 aromatic carbocycles. The number of amides is 1. The minimum Gasteiger partial charge on any atom is -0.484 e. The highest BCUT2D eigenvalue weighted by atomic mass is 16.5. The third-order valence-electron chi connectivity index (χ3n) is 4.78. The molecule has 144 valence electrons. The monoisotopic (exact) mass is 378 g/mol. The predicted octanol–water partition coefficient (Wildman–Crippen LogP) is 1.70. The summed E-state index contributed by atoms with van der Waals surface area (Å²) in [6, 6.07) is 11.5. The van der Waals surface area contributed by atoms with Crippen LogP contribution in [0.3, 0.4) is 0 Å². The fourth-order valence-corrected chi connectivity index (χ4v) is 3.17. The summed E-state index contributed by atoms with van der Waals surface area (Å²) in [5.74, 6) is 2.31. The predicted molar refractivity (Wildman–Crippen MR) is 105 cm³/mol. The summed E-state index contributed by atoms with van der Waals surface area (Å²) in [5, 5.41) is 4.20. The summed E-state index contributed by atoms with van der Waals surface area (Å²) in [6.45, 7) is 4.73. The first-order valence-corrected chi connectivity index (χ1v) is 9.24. The number of nitrogens with zero attached hydrogens (tertiary/aromatic N) is 6. The Bertz CT molecular complexity index is 935. The van der Waals surface area contributed by atoms with Crippen LogP contribution in [0.4, 0.5) is 5.82 Å². The lowest BCUT2D eigenvalue weighted by Gasteiger charge is -2.35. The minimum atomic E-state index is 0.00261. The molecule has 1 saturated heterocycles. The maximum Gasteiger partial charge on any atom is 0.260 e. The third-order valence-corrected chi connectivity index (χ3v) is 4.78. The van der Waals surface area contributed by atoms with Crippen molar-refractivity contribution in [2.45, 2.75) is 6.92 Å². The van der Waals surface area contributed by atoms with Crippen LogP contribution in [-0.2, 0) is 4.79 Å². The van der Waals surface area contributed by atoms with E-state index in [0.717, 1.165) is 22.9 Å². The van der Waals surface area contributed by atoms with Crippen LogP contribution in [0.25, 0.3) is 5.82 Å². The zero-order valence-electron chi connectivity index (χ0n) is 15.7. The van der Waals surface area contributed by atoms with Crippen molar-refractivity contribution < 1.29 is 9.53 Å². The van der Waals surface area contributed by atoms with Gasteiger partial charge >= 0.3 is 0 Å². The molecule has 0 N–H and O–H groups in total. The van der Waals surface area contributed by atoms with Gasteiger partial charge in [0, 0.05) is 44.6 Å². The highest BCUT2D eigenvalue weighted by Gasteiger charge is 2.22. The fraction of sp³-hybridized carbons (Fsp3) is 0.300. The number of aryl methyl sites for hydroxylation is 1. The lowest BCUT2D eigenvalue weighted by molar-refractivity contribution is -0.133. The number of rotatable bonds is 5. The van der Waals surface area contributed by atoms with Gasteiger partial charge in [-0.1, -0.05) is 18.2 Å². The van der Waals surface area contributed by atoms with E-state index >= 15 is 0 Å². The molecule has 0 saturated carbocycles. The Hall–Kier alpha value is -3.42. The van der Waals surface area contributed by atoms with Gasteiger partial charge in [-0.05, 0) is 24.6 Å². The highest BCUT2D eigenvalue weighted by Crippen LogP contribution is 2.18. The van der Waals surface area contributed by atoms with Gasteiger partial charge in [-0.15, -0.1) is 0 Å². The highest BCUT2D eigenvalue weighted by molar-refractivity contribution is 5.78. The normalized spacial score (nSPS) is 14.2. The molecular weight excluding hydrogens is 356 g/mol. The van der Waals surface area contributed by atoms with E-state index in [-0.39, 0.29) is 12.5 Å². The van der Waals surface area contributed by atoms with E-state index in [4.69, 9.17) is 4.74 Å². The van der Waals surface area contributed by atoms with Crippen molar-refractivity contribution in [2.75, 3.05) is 37.7 Å². The fourth-order valence-electron chi connectivity index (χ4n) is 3.17. The number of ether oxygens (including phenoxy) is 1. The zero-order valence-corrected chi connectivity index (χ0v) is 15.7. The Morgan fingerprint density at radius 1 is 1.07 bits per heavy atom. The third kappa shape index (κ3) is 3.95. The number of hydrogen-bond donors (Lipinski definition) is 0. The topological polar surface area (TPSA) is 76.4 Å². The molecule has 0 spiro atoms. The van der Waals surface area contributed by atoms with Gasteiger partial charge < -0.3 is 14.5 Å². The summed E-state index contributed by atoms with van der Waals surface area (Å²) < 4.78 is 7.39. The van der Waals surface area contributed by atoms with Gasteiger partial charge in [-0.3, -0.25) is 4.79 Å². The van der Waals surface area contributed by atoms with E-state index in [0.29, 0.717) is 26.2 Å². The summed E-state index contributed by atoms with van der Waals surface area (Å²) in [6.07, 6.45) is 5.10. The molecule has 3 heterocycles. The summed E-state index contributed by atoms with van der Waals surface area (Å²) >= 11 is 0. The molecule has 0 unspecified atom stereocenters. The molecule has 3 aromatic rings. The Morgan fingerprint density at radius 3 is 2.61 bits per heavy atom. The van der Waals surface area contributed by atoms with Crippen LogP contribution in [0.2, 0.25) is 0 Å². The van der Waals surface area contributed by atoms with Gasteiger partial charge in [0.05, 0.1) is 0 Å². The van der Waals surface area contributed by atoms with Crippen LogP contribution in [0.15, 0.2) is 55.1 Å². The molecule has 0 bridgehead atoms. The molecule has 0 aliphatic carbocycles. The Labute approximate surface area is 163 Å². The second-order valence-electron chi connectivity index (χ2n) is 6.61. The summed E-state index contributed by atoms with van der Waals surface area (Å²) in [7, 11) is 0. The van der Waals surface area contributed by atoms with E-state index in [1.807, 2.05) is 54.4 Å². The molecule has 8 nitrogen and oxygen atoms in total. The molecule has 2 aromatic heterocycles. The van der Waals surface area contributed by atoms with Crippen LogP contribution in [0.5, 0.6) is 5.75 Å². The van der Waals surface area contributed by atoms with Crippen molar-refractivity contribution in [3.05, 3.63) is 60.7 Å². The maximum absolute atomic E-state index is 12.5. The van der Waals surface area contributed by atoms with Crippen molar-refractivity contribution in [3.63, 3.8) is 0 Å². The quantitative estimate of drug-likeness (QED) is 0.673. The van der Waals surface area contributed by atoms with Crippen molar-refractivity contribution >= 4 is 11.7 Å². The van der Waals surface area contributed by atoms with Crippen LogP contribution in [0.1, 0.15) is 5.56 Å². The van der Waals surface area contributed by atoms with Gasteiger partial charge in [0.25, 0.3) is 5.91 Å². The largest absolute Gasteiger partial charge is 0.484 e. The first-order valence-electron chi connectivity index (χ1n) is 9.24. The van der Waals surface area contributed by atoms with Gasteiger partial charge in [0.2, 0.25) is 0 Å². The summed E-state index contributed by atoms with van der Waals surface area (Å²) in [4.78, 5) is 25.1. The molecule has 4 rings (SSSR count). The zero-order chi connectivity index (χ0) is 19.3. The van der Waals surface area contributed by atoms with Gasteiger partial charge in [-0.2, -0.15) is 5.10 Å². The van der Waals surface area contributed by atoms with Crippen molar-refractivity contribution in [3.8, 4) is 11.6 Å². The molecular formula is C20H22N6O2. The van der Waals surface area contributed by atoms with E-state index in [1.165, 1.54) is 0 Å². The Kier molecular flexibility index (Phi) is 5.18. The van der Waals surface area contributed by atoms with Gasteiger partial charge in [-0.25, -0.2) is 14.6 Å². The number of benzene rings is 1.